The smallest absolute Gasteiger partial charge is 0.416 e. The van der Waals surface area contributed by atoms with E-state index in [0.29, 0.717) is 24.4 Å². The maximum absolute atomic E-state index is 14.1. The Morgan fingerprint density at radius 1 is 1.21 bits per heavy atom. The van der Waals surface area contributed by atoms with Gasteiger partial charge in [0.05, 0.1) is 17.0 Å². The summed E-state index contributed by atoms with van der Waals surface area (Å²) >= 11 is 0. The van der Waals surface area contributed by atoms with Gasteiger partial charge in [0.15, 0.2) is 11.5 Å². The maximum atomic E-state index is 14.1. The number of rotatable bonds is 9. The zero-order valence-corrected chi connectivity index (χ0v) is 26.6. The van der Waals surface area contributed by atoms with E-state index >= 15 is 0 Å². The molecule has 1 saturated heterocycles. The number of allylic oxidation sites excluding steroid dienone is 1. The Morgan fingerprint density at radius 3 is 2.52 bits per heavy atom. The van der Waals surface area contributed by atoms with Crippen molar-refractivity contribution in [3.8, 4) is 0 Å². The van der Waals surface area contributed by atoms with Crippen molar-refractivity contribution >= 4 is 40.4 Å². The monoisotopic (exact) mass is 667 g/mol. The number of fused-ring (bicyclic) bond motifs is 1. The molecule has 4 heterocycles. The minimum atomic E-state index is -4.52. The van der Waals surface area contributed by atoms with Crippen molar-refractivity contribution in [3.05, 3.63) is 82.4 Å². The molecule has 16 heteroatoms. The van der Waals surface area contributed by atoms with Gasteiger partial charge < -0.3 is 30.1 Å². The summed E-state index contributed by atoms with van der Waals surface area (Å²) < 4.78 is 42.4. The van der Waals surface area contributed by atoms with E-state index in [1.165, 1.54) is 17.9 Å². The van der Waals surface area contributed by atoms with Gasteiger partial charge in [-0.3, -0.25) is 14.4 Å². The van der Waals surface area contributed by atoms with Gasteiger partial charge in [-0.25, -0.2) is 4.99 Å². The molecule has 0 spiro atoms. The van der Waals surface area contributed by atoms with Gasteiger partial charge >= 0.3 is 6.18 Å². The van der Waals surface area contributed by atoms with E-state index in [1.807, 2.05) is 17.9 Å². The number of hydrogen-bond donors (Lipinski definition) is 3. The standard InChI is InChI=1S/C32H36F3N9O4/c1-5-24-27(41-13-15-42(16-14-41)29(47)26(20(4)45)36-6-2)30(48)44-31(39-28(40-44)23-9-7-8-12-37-23)43(24)18-25(46)38-22-11-10-21(17-19(22)3)32(33,34)35/h6,9-11,17,37,45H,2,4-5,7-8,12-16,18H2,1,3H3,(H,38,46). The van der Waals surface area contributed by atoms with Crippen LogP contribution in [0.15, 0.2) is 59.2 Å². The molecule has 2 amide bonds. The third-order valence-electron chi connectivity index (χ3n) is 8.16. The second-order valence-electron chi connectivity index (χ2n) is 11.3. The van der Waals surface area contributed by atoms with Crippen LogP contribution in [0.2, 0.25) is 0 Å². The van der Waals surface area contributed by atoms with Crippen molar-refractivity contribution in [2.24, 2.45) is 4.99 Å². The van der Waals surface area contributed by atoms with Crippen LogP contribution < -0.4 is 21.1 Å². The number of hydrogen-bond acceptors (Lipinski definition) is 9. The van der Waals surface area contributed by atoms with Crippen molar-refractivity contribution in [1.29, 1.82) is 0 Å². The quantitative estimate of drug-likeness (QED) is 0.232. The molecule has 3 N–H and O–H groups in total. The summed E-state index contributed by atoms with van der Waals surface area (Å²) in [4.78, 5) is 52.4. The summed E-state index contributed by atoms with van der Waals surface area (Å²) in [6, 6.07) is 3.07. The molecule has 0 radical (unpaired) electrons. The Morgan fingerprint density at radius 2 is 1.94 bits per heavy atom. The number of piperazine rings is 1. The first-order valence-corrected chi connectivity index (χ1v) is 15.4. The van der Waals surface area contributed by atoms with Crippen molar-refractivity contribution < 1.29 is 27.9 Å². The average molecular weight is 668 g/mol. The van der Waals surface area contributed by atoms with E-state index in [2.05, 4.69) is 38.9 Å². The highest BCUT2D eigenvalue weighted by atomic mass is 19.4. The van der Waals surface area contributed by atoms with E-state index in [0.717, 1.165) is 35.7 Å². The largest absolute Gasteiger partial charge is 0.506 e. The summed E-state index contributed by atoms with van der Waals surface area (Å²) in [6.45, 7) is 11.4. The van der Waals surface area contributed by atoms with Crippen LogP contribution in [0.25, 0.3) is 11.5 Å². The van der Waals surface area contributed by atoms with Crippen LogP contribution in [0.5, 0.6) is 0 Å². The molecule has 48 heavy (non-hydrogen) atoms. The number of aliphatic hydroxyl groups excluding tert-OH is 1. The van der Waals surface area contributed by atoms with Gasteiger partial charge in [0.1, 0.15) is 18.0 Å². The average Bonchev–Trinajstić information content (AvgIpc) is 3.51. The Bertz CT molecular complexity index is 1900. The first kappa shape index (κ1) is 33.9. The van der Waals surface area contributed by atoms with Crippen molar-refractivity contribution in [2.75, 3.05) is 42.9 Å². The number of alkyl halides is 3. The molecule has 2 aliphatic heterocycles. The lowest BCUT2D eigenvalue weighted by atomic mass is 10.1. The second-order valence-corrected chi connectivity index (χ2v) is 11.3. The molecular formula is C32H36F3N9O4. The van der Waals surface area contributed by atoms with E-state index in [1.54, 1.807) is 4.57 Å². The van der Waals surface area contributed by atoms with Crippen LogP contribution in [0, 0.1) is 6.92 Å². The minimum Gasteiger partial charge on any atom is -0.506 e. The molecule has 2 aliphatic rings. The SMILES string of the molecule is C=CN=C(C(=C)O)C(=O)N1CCN(c2c(CC)n(CC(=O)Nc3ccc(C(F)(F)F)cc3C)c3nc(C4=CCCCN4)nn3c2=O)CC1. The first-order valence-electron chi connectivity index (χ1n) is 15.4. The van der Waals surface area contributed by atoms with Crippen LogP contribution in [-0.2, 0) is 28.7 Å². The van der Waals surface area contributed by atoms with Gasteiger partial charge in [-0.1, -0.05) is 26.2 Å². The highest BCUT2D eigenvalue weighted by Gasteiger charge is 2.32. The number of halogens is 3. The minimum absolute atomic E-state index is 0.128. The Hall–Kier alpha value is -5.41. The normalized spacial score (nSPS) is 15.6. The third-order valence-corrected chi connectivity index (χ3v) is 8.16. The lowest BCUT2D eigenvalue weighted by Crippen LogP contribution is -2.52. The molecule has 2 aromatic heterocycles. The van der Waals surface area contributed by atoms with Gasteiger partial charge in [0.25, 0.3) is 11.5 Å². The number of carbonyl (C=O) groups excluding carboxylic acids is 2. The first-order chi connectivity index (χ1) is 22.8. The highest BCUT2D eigenvalue weighted by molar-refractivity contribution is 6.44. The van der Waals surface area contributed by atoms with Crippen LogP contribution in [0.1, 0.15) is 42.4 Å². The van der Waals surface area contributed by atoms with Crippen LogP contribution in [-0.4, -0.2) is 79.4 Å². The Kier molecular flexibility index (Phi) is 9.72. The van der Waals surface area contributed by atoms with Crippen molar-refractivity contribution in [3.63, 3.8) is 0 Å². The van der Waals surface area contributed by atoms with E-state index in [-0.39, 0.29) is 67.0 Å². The Labute approximate surface area is 273 Å². The van der Waals surface area contributed by atoms with Gasteiger partial charge in [0, 0.05) is 44.6 Å². The molecule has 13 nitrogen and oxygen atoms in total. The fourth-order valence-corrected chi connectivity index (χ4v) is 5.80. The molecule has 0 bridgehead atoms. The second kappa shape index (κ2) is 13.8. The number of aliphatic hydroxyl groups is 1. The molecule has 1 aromatic carbocycles. The van der Waals surface area contributed by atoms with E-state index < -0.39 is 34.9 Å². The van der Waals surface area contributed by atoms with Gasteiger partial charge in [-0.05, 0) is 49.9 Å². The zero-order valence-electron chi connectivity index (χ0n) is 26.6. The summed E-state index contributed by atoms with van der Waals surface area (Å²) in [5, 5.41) is 20.3. The molecule has 254 valence electrons. The fraction of sp³-hybridized carbons (Fsp3) is 0.375. The topological polar surface area (TPSA) is 149 Å². The van der Waals surface area contributed by atoms with Gasteiger partial charge in [-0.15, -0.1) is 5.10 Å². The molecular weight excluding hydrogens is 631 g/mol. The van der Waals surface area contributed by atoms with Gasteiger partial charge in [0.2, 0.25) is 11.7 Å². The zero-order chi connectivity index (χ0) is 34.7. The number of nitrogens with one attached hydrogen (secondary N) is 2. The Balaban J connectivity index is 1.52. The van der Waals surface area contributed by atoms with Crippen LogP contribution in [0.4, 0.5) is 24.5 Å². The van der Waals surface area contributed by atoms with Gasteiger partial charge in [-0.2, -0.15) is 22.7 Å². The predicted octanol–water partition coefficient (Wildman–Crippen LogP) is 3.45. The maximum Gasteiger partial charge on any atom is 0.416 e. The summed E-state index contributed by atoms with van der Waals surface area (Å²) in [6.07, 6.45) is 0.596. The summed E-state index contributed by atoms with van der Waals surface area (Å²) in [7, 11) is 0. The van der Waals surface area contributed by atoms with Crippen LogP contribution in [0.3, 0.4) is 0 Å². The number of anilines is 2. The number of nitrogens with zero attached hydrogens (tertiary/aromatic N) is 7. The van der Waals surface area contributed by atoms with E-state index in [9.17, 15) is 32.7 Å². The highest BCUT2D eigenvalue weighted by Crippen LogP contribution is 2.32. The fourth-order valence-electron chi connectivity index (χ4n) is 5.80. The third kappa shape index (κ3) is 6.82. The lowest BCUT2D eigenvalue weighted by Gasteiger charge is -2.36. The molecule has 3 aromatic rings. The van der Waals surface area contributed by atoms with Crippen molar-refractivity contribution in [2.45, 2.75) is 45.8 Å². The number of carbonyl (C=O) groups is 2. The number of aryl methyl sites for hydroxylation is 1. The van der Waals surface area contributed by atoms with E-state index in [4.69, 9.17) is 0 Å². The lowest BCUT2D eigenvalue weighted by molar-refractivity contribution is -0.137. The number of aromatic nitrogens is 4. The summed E-state index contributed by atoms with van der Waals surface area (Å²) in [5.74, 6) is -1.15. The molecule has 0 unspecified atom stereocenters. The van der Waals surface area contributed by atoms with Crippen LogP contribution >= 0.6 is 0 Å². The summed E-state index contributed by atoms with van der Waals surface area (Å²) in [5.41, 5.74) is 0.377. The molecule has 5 rings (SSSR count). The molecule has 0 aliphatic carbocycles. The molecule has 0 atom stereocenters. The van der Waals surface area contributed by atoms with Crippen molar-refractivity contribution in [1.82, 2.24) is 29.4 Å². The number of aliphatic imine (C=N–C) groups is 1. The molecule has 0 saturated carbocycles. The predicted molar refractivity (Wildman–Crippen MR) is 175 cm³/mol. The molecule has 1 fully saturated rings. The number of benzene rings is 1. The number of amides is 2.